The molecule has 140 valence electrons. The van der Waals surface area contributed by atoms with Crippen LogP contribution in [0.5, 0.6) is 0 Å². The second-order valence-corrected chi connectivity index (χ2v) is 10.4. The van der Waals surface area contributed by atoms with Crippen LogP contribution in [0.1, 0.15) is 60.5 Å². The lowest BCUT2D eigenvalue weighted by molar-refractivity contribution is 0.00578. The molecule has 1 aromatic carbocycles. The van der Waals surface area contributed by atoms with Crippen molar-refractivity contribution in [1.29, 1.82) is 0 Å². The molecule has 0 spiro atoms. The van der Waals surface area contributed by atoms with E-state index < -0.39 is 33.1 Å². The highest BCUT2D eigenvalue weighted by atomic mass is 32.2. The summed E-state index contributed by atoms with van der Waals surface area (Å²) in [4.78, 5) is 0. The van der Waals surface area contributed by atoms with Gasteiger partial charge in [-0.1, -0.05) is 31.2 Å². The zero-order valence-electron chi connectivity index (χ0n) is 16.3. The van der Waals surface area contributed by atoms with Crippen LogP contribution in [0.4, 0.5) is 0 Å². The van der Waals surface area contributed by atoms with Crippen molar-refractivity contribution >= 4 is 22.6 Å². The van der Waals surface area contributed by atoms with Crippen LogP contribution in [0, 0.1) is 0 Å². The summed E-state index contributed by atoms with van der Waals surface area (Å²) in [6.45, 7) is 13.9. The highest BCUT2D eigenvalue weighted by Crippen LogP contribution is 2.36. The maximum atomic E-state index is 12.6. The first-order valence-electron chi connectivity index (χ1n) is 8.79. The molecule has 1 aliphatic heterocycles. The van der Waals surface area contributed by atoms with Gasteiger partial charge in [0.25, 0.3) is 0 Å². The van der Waals surface area contributed by atoms with Crippen molar-refractivity contribution in [1.82, 2.24) is 4.72 Å². The minimum atomic E-state index is -3.46. The third-order valence-electron chi connectivity index (χ3n) is 5.35. The Morgan fingerprint density at radius 3 is 1.96 bits per heavy atom. The molecule has 0 aromatic heterocycles. The summed E-state index contributed by atoms with van der Waals surface area (Å²) >= 11 is 0. The summed E-state index contributed by atoms with van der Waals surface area (Å²) in [7, 11) is -3.90. The summed E-state index contributed by atoms with van der Waals surface area (Å²) in [5, 5.41) is 0. The fourth-order valence-corrected chi connectivity index (χ4v) is 3.87. The average Bonchev–Trinajstić information content (AvgIpc) is 2.73. The van der Waals surface area contributed by atoms with Crippen molar-refractivity contribution in [2.24, 2.45) is 0 Å². The van der Waals surface area contributed by atoms with Crippen molar-refractivity contribution in [3.05, 3.63) is 29.8 Å². The molecule has 25 heavy (non-hydrogen) atoms. The Hall–Kier alpha value is -0.885. The third kappa shape index (κ3) is 3.79. The quantitative estimate of drug-likeness (QED) is 0.785. The van der Waals surface area contributed by atoms with Gasteiger partial charge in [-0.15, -0.1) is 0 Å². The Morgan fingerprint density at radius 1 is 1.04 bits per heavy atom. The van der Waals surface area contributed by atoms with E-state index in [0.717, 1.165) is 17.4 Å². The minimum Gasteiger partial charge on any atom is -0.399 e. The molecule has 5 nitrogen and oxygen atoms in total. The lowest BCUT2D eigenvalue weighted by atomic mass is 9.78. The number of nitrogens with one attached hydrogen (secondary N) is 1. The van der Waals surface area contributed by atoms with Crippen LogP contribution in [0.2, 0.25) is 0 Å². The highest BCUT2D eigenvalue weighted by molar-refractivity contribution is 7.90. The monoisotopic (exact) mass is 367 g/mol. The Balaban J connectivity index is 2.23. The van der Waals surface area contributed by atoms with Crippen LogP contribution in [0.25, 0.3) is 0 Å². The fraction of sp³-hybridized carbons (Fsp3) is 0.667. The predicted octanol–water partition coefficient (Wildman–Crippen LogP) is 2.55. The molecule has 1 N–H and O–H groups in total. The molecule has 1 fully saturated rings. The van der Waals surface area contributed by atoms with Gasteiger partial charge in [0.15, 0.2) is 0 Å². The molecule has 7 heteroatoms. The molecule has 0 unspecified atom stereocenters. The molecule has 0 bridgehead atoms. The average molecular weight is 367 g/mol. The Kier molecular flexibility index (Phi) is 5.46. The summed E-state index contributed by atoms with van der Waals surface area (Å²) < 4.78 is 38.9. The van der Waals surface area contributed by atoms with Crippen molar-refractivity contribution < 1.29 is 17.7 Å². The van der Waals surface area contributed by atoms with Crippen molar-refractivity contribution in [3.63, 3.8) is 0 Å². The van der Waals surface area contributed by atoms with E-state index in [-0.39, 0.29) is 0 Å². The van der Waals surface area contributed by atoms with Crippen LogP contribution < -0.4 is 10.2 Å². The maximum Gasteiger partial charge on any atom is 0.494 e. The van der Waals surface area contributed by atoms with Gasteiger partial charge < -0.3 is 9.31 Å². The lowest BCUT2D eigenvalue weighted by Gasteiger charge is -2.32. The van der Waals surface area contributed by atoms with E-state index in [9.17, 15) is 8.42 Å². The topological polar surface area (TPSA) is 64.6 Å². The van der Waals surface area contributed by atoms with Gasteiger partial charge in [0.05, 0.1) is 11.2 Å². The van der Waals surface area contributed by atoms with E-state index in [0.29, 0.717) is 6.54 Å². The molecule has 1 saturated heterocycles. The molecular formula is C18H30BNO4S. The second-order valence-electron chi connectivity index (χ2n) is 8.12. The summed E-state index contributed by atoms with van der Waals surface area (Å²) in [6, 6.07) is 7.44. The van der Waals surface area contributed by atoms with Crippen LogP contribution in [-0.2, 0) is 24.1 Å². The van der Waals surface area contributed by atoms with Crippen LogP contribution in [0.3, 0.4) is 0 Å². The minimum absolute atomic E-state index is 0.400. The number of hydrogen-bond donors (Lipinski definition) is 1. The van der Waals surface area contributed by atoms with Gasteiger partial charge in [-0.3, -0.25) is 0 Å². The first kappa shape index (κ1) is 20.4. The zero-order valence-corrected chi connectivity index (χ0v) is 17.2. The molecule has 1 heterocycles. The molecule has 2 rings (SSSR count). The largest absolute Gasteiger partial charge is 0.494 e. The first-order valence-corrected chi connectivity index (χ1v) is 10.3. The van der Waals surface area contributed by atoms with Gasteiger partial charge in [0.2, 0.25) is 10.0 Å². The van der Waals surface area contributed by atoms with Crippen molar-refractivity contribution in [3.8, 4) is 0 Å². The number of hydrogen-bond acceptors (Lipinski definition) is 4. The Morgan fingerprint density at radius 2 is 1.52 bits per heavy atom. The molecule has 0 saturated carbocycles. The molecule has 0 radical (unpaired) electrons. The van der Waals surface area contributed by atoms with E-state index in [2.05, 4.69) is 4.72 Å². The standard InChI is InChI=1S/C18H30BNO4S/c1-8-13-20-25(21,22)16(2,3)14-9-11-15(12-10-14)19-23-17(4,5)18(6,7)24-19/h9-12,20H,8,13H2,1-7H3. The van der Waals surface area contributed by atoms with E-state index in [1.807, 2.05) is 58.9 Å². The van der Waals surface area contributed by atoms with Gasteiger partial charge in [-0.25, -0.2) is 13.1 Å². The third-order valence-corrected chi connectivity index (χ3v) is 7.51. The van der Waals surface area contributed by atoms with Crippen LogP contribution in [-0.4, -0.2) is 33.3 Å². The number of rotatable bonds is 6. The second kappa shape index (κ2) is 6.69. The van der Waals surface area contributed by atoms with Crippen LogP contribution >= 0.6 is 0 Å². The van der Waals surface area contributed by atoms with E-state index in [4.69, 9.17) is 9.31 Å². The molecule has 0 atom stereocenters. The summed E-state index contributed by atoms with van der Waals surface area (Å²) in [5.74, 6) is 0. The lowest BCUT2D eigenvalue weighted by Crippen LogP contribution is -2.41. The number of sulfonamides is 1. The van der Waals surface area contributed by atoms with Gasteiger partial charge >= 0.3 is 7.12 Å². The number of benzene rings is 1. The van der Waals surface area contributed by atoms with Crippen molar-refractivity contribution in [2.75, 3.05) is 6.54 Å². The van der Waals surface area contributed by atoms with E-state index in [1.165, 1.54) is 0 Å². The van der Waals surface area contributed by atoms with Gasteiger partial charge in [-0.05, 0) is 59.0 Å². The summed E-state index contributed by atoms with van der Waals surface area (Å²) in [5.41, 5.74) is 0.819. The molecule has 1 aliphatic rings. The Labute approximate surface area is 152 Å². The smallest absolute Gasteiger partial charge is 0.399 e. The SMILES string of the molecule is CCCNS(=O)(=O)C(C)(C)c1ccc(B2OC(C)(C)C(C)(C)O2)cc1. The van der Waals surface area contributed by atoms with Gasteiger partial charge in [0, 0.05) is 6.54 Å². The zero-order chi connectivity index (χ0) is 19.1. The fourth-order valence-electron chi connectivity index (χ4n) is 2.59. The molecular weight excluding hydrogens is 337 g/mol. The molecule has 1 aromatic rings. The van der Waals surface area contributed by atoms with Crippen LogP contribution in [0.15, 0.2) is 24.3 Å². The van der Waals surface area contributed by atoms with Gasteiger partial charge in [0.1, 0.15) is 4.75 Å². The first-order chi connectivity index (χ1) is 11.3. The normalized spacial score (nSPS) is 20.0. The highest BCUT2D eigenvalue weighted by Gasteiger charge is 2.51. The maximum absolute atomic E-state index is 12.6. The molecule has 0 amide bonds. The summed E-state index contributed by atoms with van der Waals surface area (Å²) in [6.07, 6.45) is 0.760. The molecule has 0 aliphatic carbocycles. The van der Waals surface area contributed by atoms with E-state index in [1.54, 1.807) is 13.8 Å². The van der Waals surface area contributed by atoms with Gasteiger partial charge in [-0.2, -0.15) is 0 Å². The predicted molar refractivity (Wildman–Crippen MR) is 102 cm³/mol. The van der Waals surface area contributed by atoms with E-state index >= 15 is 0 Å². The Bertz CT molecular complexity index is 695. The van der Waals surface area contributed by atoms with Crippen molar-refractivity contribution in [2.45, 2.75) is 70.8 Å².